The Hall–Kier alpha value is -1.90. The standard InChI is InChI=1S/C27H30S2/c1-4-21(22-14-8-5-9-15-22)20-25(23-16-10-6-11-17-23)27(2,3)29-26(28)24-18-12-7-13-19-24/h5-19,21,25H,4,20H2,1-3H3. The molecular formula is C27H30S2. The molecule has 2 heteroatoms. The number of thiocarbonyl (C=S) groups is 1. The van der Waals surface area contributed by atoms with Crippen molar-refractivity contribution in [3.05, 3.63) is 108 Å². The van der Waals surface area contributed by atoms with E-state index >= 15 is 0 Å². The molecule has 2 atom stereocenters. The Balaban J connectivity index is 1.89. The lowest BCUT2D eigenvalue weighted by Crippen LogP contribution is -2.29. The summed E-state index contributed by atoms with van der Waals surface area (Å²) in [5.41, 5.74) is 3.97. The van der Waals surface area contributed by atoms with Crippen LogP contribution in [0.2, 0.25) is 0 Å². The maximum atomic E-state index is 5.84. The van der Waals surface area contributed by atoms with Gasteiger partial charge in [-0.15, -0.1) is 11.8 Å². The molecule has 0 radical (unpaired) electrons. The minimum absolute atomic E-state index is 0.0174. The lowest BCUT2D eigenvalue weighted by atomic mass is 9.78. The number of rotatable bonds is 8. The third kappa shape index (κ3) is 5.81. The summed E-state index contributed by atoms with van der Waals surface area (Å²) in [6.45, 7) is 7.00. The van der Waals surface area contributed by atoms with Crippen molar-refractivity contribution in [2.45, 2.75) is 50.2 Å². The first kappa shape index (κ1) is 21.8. The van der Waals surface area contributed by atoms with Crippen LogP contribution in [0.4, 0.5) is 0 Å². The third-order valence-corrected chi connectivity index (χ3v) is 7.41. The van der Waals surface area contributed by atoms with Gasteiger partial charge in [-0.05, 0) is 55.2 Å². The molecule has 3 rings (SSSR count). The molecule has 3 aromatic carbocycles. The molecule has 0 bridgehead atoms. The van der Waals surface area contributed by atoms with Gasteiger partial charge in [-0.25, -0.2) is 0 Å². The Morgan fingerprint density at radius 1 is 0.793 bits per heavy atom. The first-order chi connectivity index (χ1) is 14.0. The molecule has 0 aliphatic carbocycles. The zero-order valence-corrected chi connectivity index (χ0v) is 19.2. The molecule has 29 heavy (non-hydrogen) atoms. The van der Waals surface area contributed by atoms with Crippen LogP contribution in [0.25, 0.3) is 0 Å². The van der Waals surface area contributed by atoms with Gasteiger partial charge in [-0.3, -0.25) is 0 Å². The van der Waals surface area contributed by atoms with Crippen molar-refractivity contribution in [1.82, 2.24) is 0 Å². The fourth-order valence-corrected chi connectivity index (χ4v) is 5.88. The highest BCUT2D eigenvalue weighted by Crippen LogP contribution is 2.46. The summed E-state index contributed by atoms with van der Waals surface area (Å²) in [6.07, 6.45) is 2.25. The van der Waals surface area contributed by atoms with Gasteiger partial charge < -0.3 is 0 Å². The fraction of sp³-hybridized carbons (Fsp3) is 0.296. The molecule has 0 fully saturated rings. The van der Waals surface area contributed by atoms with Gasteiger partial charge in [-0.2, -0.15) is 0 Å². The Bertz CT molecular complexity index is 886. The first-order valence-electron chi connectivity index (χ1n) is 10.4. The fourth-order valence-electron chi connectivity index (χ4n) is 4.00. The van der Waals surface area contributed by atoms with E-state index < -0.39 is 0 Å². The maximum Gasteiger partial charge on any atom is 0.0783 e. The molecule has 0 aliphatic rings. The van der Waals surface area contributed by atoms with E-state index in [1.54, 1.807) is 0 Å². The topological polar surface area (TPSA) is 0 Å². The normalized spacial score (nSPS) is 13.6. The molecule has 0 aromatic heterocycles. The Morgan fingerprint density at radius 2 is 1.28 bits per heavy atom. The lowest BCUT2D eigenvalue weighted by Gasteiger charge is -2.37. The van der Waals surface area contributed by atoms with Gasteiger partial charge >= 0.3 is 0 Å². The molecule has 0 heterocycles. The summed E-state index contributed by atoms with van der Waals surface area (Å²) in [6, 6.07) is 32.3. The van der Waals surface area contributed by atoms with E-state index in [2.05, 4.69) is 106 Å². The second-order valence-corrected chi connectivity index (χ2v) is 10.4. The van der Waals surface area contributed by atoms with Crippen LogP contribution >= 0.6 is 24.0 Å². The Labute approximate surface area is 185 Å². The van der Waals surface area contributed by atoms with Crippen LogP contribution in [-0.4, -0.2) is 8.94 Å². The number of hydrogen-bond donors (Lipinski definition) is 0. The number of hydrogen-bond acceptors (Lipinski definition) is 2. The summed E-state index contributed by atoms with van der Waals surface area (Å²) >= 11 is 7.67. The van der Waals surface area contributed by atoms with Gasteiger partial charge in [0.05, 0.1) is 4.20 Å². The van der Waals surface area contributed by atoms with Crippen LogP contribution in [0.3, 0.4) is 0 Å². The number of benzene rings is 3. The van der Waals surface area contributed by atoms with E-state index in [-0.39, 0.29) is 4.75 Å². The van der Waals surface area contributed by atoms with Crippen LogP contribution in [0.5, 0.6) is 0 Å². The largest absolute Gasteiger partial charge is 0.107 e. The summed E-state index contributed by atoms with van der Waals surface area (Å²) in [5.74, 6) is 0.937. The average Bonchev–Trinajstić information content (AvgIpc) is 2.76. The lowest BCUT2D eigenvalue weighted by molar-refractivity contribution is 0.453. The van der Waals surface area contributed by atoms with Crippen LogP contribution in [-0.2, 0) is 0 Å². The molecule has 2 unspecified atom stereocenters. The van der Waals surface area contributed by atoms with Gasteiger partial charge in [0.25, 0.3) is 0 Å². The van der Waals surface area contributed by atoms with Crippen LogP contribution in [0.1, 0.15) is 62.1 Å². The number of thioether (sulfide) groups is 1. The highest BCUT2D eigenvalue weighted by molar-refractivity contribution is 8.24. The first-order valence-corrected chi connectivity index (χ1v) is 11.6. The highest BCUT2D eigenvalue weighted by Gasteiger charge is 2.34. The van der Waals surface area contributed by atoms with Crippen molar-refractivity contribution >= 4 is 28.2 Å². The van der Waals surface area contributed by atoms with Gasteiger partial charge in [0.1, 0.15) is 0 Å². The SMILES string of the molecule is CCC(CC(c1ccccc1)C(C)(C)SC(=S)c1ccccc1)c1ccccc1. The summed E-state index contributed by atoms with van der Waals surface area (Å²) in [5, 5.41) is 0. The molecule has 150 valence electrons. The van der Waals surface area contributed by atoms with E-state index in [0.717, 1.165) is 22.6 Å². The van der Waals surface area contributed by atoms with Crippen LogP contribution in [0, 0.1) is 0 Å². The minimum Gasteiger partial charge on any atom is -0.107 e. The quantitative estimate of drug-likeness (QED) is 0.338. The molecular weight excluding hydrogens is 388 g/mol. The zero-order chi connectivity index (χ0) is 20.7. The predicted octanol–water partition coefficient (Wildman–Crippen LogP) is 8.24. The minimum atomic E-state index is -0.0174. The van der Waals surface area contributed by atoms with E-state index in [1.807, 2.05) is 17.8 Å². The van der Waals surface area contributed by atoms with Crippen molar-refractivity contribution in [3.8, 4) is 0 Å². The molecule has 0 amide bonds. The Kier molecular flexibility index (Phi) is 7.69. The van der Waals surface area contributed by atoms with Crippen molar-refractivity contribution in [2.75, 3.05) is 0 Å². The highest BCUT2D eigenvalue weighted by atomic mass is 32.2. The van der Waals surface area contributed by atoms with E-state index in [9.17, 15) is 0 Å². The average molecular weight is 419 g/mol. The molecule has 0 N–H and O–H groups in total. The van der Waals surface area contributed by atoms with E-state index in [4.69, 9.17) is 12.2 Å². The second kappa shape index (κ2) is 10.2. The zero-order valence-electron chi connectivity index (χ0n) is 17.5. The third-order valence-electron chi connectivity index (χ3n) is 5.69. The van der Waals surface area contributed by atoms with Crippen LogP contribution in [0.15, 0.2) is 91.0 Å². The Morgan fingerprint density at radius 3 is 1.79 bits per heavy atom. The van der Waals surface area contributed by atoms with Gasteiger partial charge in [0.2, 0.25) is 0 Å². The molecule has 0 saturated carbocycles. The predicted molar refractivity (Wildman–Crippen MR) is 133 cm³/mol. The van der Waals surface area contributed by atoms with Crippen molar-refractivity contribution < 1.29 is 0 Å². The van der Waals surface area contributed by atoms with Crippen molar-refractivity contribution in [2.24, 2.45) is 0 Å². The molecule has 3 aromatic rings. The van der Waals surface area contributed by atoms with Crippen LogP contribution < -0.4 is 0 Å². The summed E-state index contributed by atoms with van der Waals surface area (Å²) in [4.78, 5) is 0. The monoisotopic (exact) mass is 418 g/mol. The van der Waals surface area contributed by atoms with E-state index in [1.165, 1.54) is 11.1 Å². The second-order valence-electron chi connectivity index (χ2n) is 8.07. The van der Waals surface area contributed by atoms with Gasteiger partial charge in [0.15, 0.2) is 0 Å². The van der Waals surface area contributed by atoms with Gasteiger partial charge in [0, 0.05) is 4.75 Å². The smallest absolute Gasteiger partial charge is 0.0783 e. The summed E-state index contributed by atoms with van der Waals surface area (Å²) in [7, 11) is 0. The van der Waals surface area contributed by atoms with Gasteiger partial charge in [-0.1, -0.05) is 110 Å². The molecule has 0 aliphatic heterocycles. The molecule has 0 spiro atoms. The molecule has 0 nitrogen and oxygen atoms in total. The van der Waals surface area contributed by atoms with E-state index in [0.29, 0.717) is 11.8 Å². The molecule has 0 saturated heterocycles. The summed E-state index contributed by atoms with van der Waals surface area (Å²) < 4.78 is 0.959. The van der Waals surface area contributed by atoms with Crippen molar-refractivity contribution in [3.63, 3.8) is 0 Å². The van der Waals surface area contributed by atoms with Crippen molar-refractivity contribution in [1.29, 1.82) is 0 Å². The maximum absolute atomic E-state index is 5.84.